The van der Waals surface area contributed by atoms with E-state index in [-0.39, 0.29) is 6.04 Å². The number of H-pyrrole nitrogens is 1. The second-order valence-electron chi connectivity index (χ2n) is 9.80. The van der Waals surface area contributed by atoms with Crippen LogP contribution in [0.5, 0.6) is 5.75 Å². The topological polar surface area (TPSA) is 113 Å². The van der Waals surface area contributed by atoms with Crippen LogP contribution in [0.4, 0.5) is 14.6 Å². The van der Waals surface area contributed by atoms with E-state index >= 15 is 0 Å². The summed E-state index contributed by atoms with van der Waals surface area (Å²) in [4.78, 5) is 24.1. The van der Waals surface area contributed by atoms with Crippen molar-refractivity contribution < 1.29 is 18.3 Å². The van der Waals surface area contributed by atoms with Crippen molar-refractivity contribution in [1.29, 1.82) is 0 Å². The lowest BCUT2D eigenvalue weighted by Crippen LogP contribution is -2.56. The summed E-state index contributed by atoms with van der Waals surface area (Å²) in [5.41, 5.74) is 3.46. The van der Waals surface area contributed by atoms with Gasteiger partial charge in [0.2, 0.25) is 0 Å². The molecular weight excluding hydrogens is 530 g/mol. The zero-order valence-electron chi connectivity index (χ0n) is 21.9. The second-order valence-corrected chi connectivity index (χ2v) is 9.80. The van der Waals surface area contributed by atoms with E-state index in [1.54, 1.807) is 16.9 Å². The Labute approximate surface area is 232 Å². The summed E-state index contributed by atoms with van der Waals surface area (Å²) in [7, 11) is 0. The Kier molecular flexibility index (Phi) is 5.95. The van der Waals surface area contributed by atoms with E-state index < -0.39 is 29.1 Å². The van der Waals surface area contributed by atoms with Crippen molar-refractivity contribution in [3.8, 4) is 16.9 Å². The Morgan fingerprint density at radius 2 is 2.05 bits per heavy atom. The largest absolute Gasteiger partial charge is 0.492 e. The molecule has 2 atom stereocenters. The van der Waals surface area contributed by atoms with Gasteiger partial charge in [-0.3, -0.25) is 14.9 Å². The molecule has 1 aromatic carbocycles. The van der Waals surface area contributed by atoms with Crippen molar-refractivity contribution in [2.24, 2.45) is 4.99 Å². The Hall–Kier alpha value is -5.13. The molecule has 2 aliphatic rings. The minimum Gasteiger partial charge on any atom is -0.492 e. The van der Waals surface area contributed by atoms with Crippen molar-refractivity contribution in [2.75, 3.05) is 18.1 Å². The molecule has 0 saturated carbocycles. The molecule has 5 aromatic rings. The molecule has 6 heterocycles. The lowest BCUT2D eigenvalue weighted by molar-refractivity contribution is 0.0936. The summed E-state index contributed by atoms with van der Waals surface area (Å²) >= 11 is 0. The molecule has 0 bridgehead atoms. The maximum atomic E-state index is 14.2. The number of rotatable bonds is 6. The zero-order chi connectivity index (χ0) is 28.1. The van der Waals surface area contributed by atoms with Crippen LogP contribution in [0.1, 0.15) is 23.7 Å². The van der Waals surface area contributed by atoms with E-state index in [2.05, 4.69) is 30.5 Å². The molecule has 10 nitrogen and oxygen atoms in total. The van der Waals surface area contributed by atoms with Gasteiger partial charge in [-0.05, 0) is 49.8 Å². The number of hydrogen-bond donors (Lipinski definition) is 2. The average molecular weight is 555 g/mol. The van der Waals surface area contributed by atoms with Crippen LogP contribution in [-0.2, 0) is 0 Å². The fourth-order valence-electron chi connectivity index (χ4n) is 5.57. The van der Waals surface area contributed by atoms with Gasteiger partial charge in [-0.25, -0.2) is 18.3 Å². The summed E-state index contributed by atoms with van der Waals surface area (Å²) in [6.45, 7) is 3.00. The van der Waals surface area contributed by atoms with Gasteiger partial charge in [0.15, 0.2) is 5.65 Å². The van der Waals surface area contributed by atoms with Gasteiger partial charge in [0.05, 0.1) is 47.7 Å². The van der Waals surface area contributed by atoms with Crippen molar-refractivity contribution in [2.45, 2.75) is 25.4 Å². The third-order valence-corrected chi connectivity index (χ3v) is 7.41. The highest BCUT2D eigenvalue weighted by atomic mass is 19.1. The molecular formula is C29H24F2N8O2. The number of anilines is 1. The Balaban J connectivity index is 1.15. The number of nitrogens with zero attached hydrogens (tertiary/aromatic N) is 6. The number of nitrogens with one attached hydrogen (secondary N) is 2. The van der Waals surface area contributed by atoms with Crippen molar-refractivity contribution in [3.63, 3.8) is 0 Å². The molecule has 41 heavy (non-hydrogen) atoms. The van der Waals surface area contributed by atoms with E-state index in [1.165, 1.54) is 6.07 Å². The minimum absolute atomic E-state index is 0.244. The standard InChI is InChI=1S/C29H24F2N8O2/c1-2-41-17-12-18(27-19-14-34-36-28(19)37-39(27)15-17)16-6-7-24(33-13-16)38-11-9-22(26-23(38)8-10-32-26)35-29(40)25-20(30)4-3-5-21(25)31/h3-8,10,12-15,22-23H,2,9,11H2,1H3,(H,35,40)(H,36,37)/t22-,23?/m0/s1. The van der Waals surface area contributed by atoms with Gasteiger partial charge in [0.1, 0.15) is 28.8 Å². The number of carbonyl (C=O) groups is 1. The maximum absolute atomic E-state index is 14.2. The van der Waals surface area contributed by atoms with Crippen LogP contribution >= 0.6 is 0 Å². The normalized spacial score (nSPS) is 18.1. The van der Waals surface area contributed by atoms with Crippen LogP contribution in [0.3, 0.4) is 0 Å². The number of aromatic amines is 1. The van der Waals surface area contributed by atoms with Crippen LogP contribution in [0, 0.1) is 11.6 Å². The van der Waals surface area contributed by atoms with Crippen LogP contribution in [0.2, 0.25) is 0 Å². The number of hydrogen-bond acceptors (Lipinski definition) is 7. The Morgan fingerprint density at radius 3 is 2.83 bits per heavy atom. The third-order valence-electron chi connectivity index (χ3n) is 7.41. The van der Waals surface area contributed by atoms with E-state index in [1.807, 2.05) is 43.6 Å². The number of ether oxygens (including phenoxy) is 1. The minimum atomic E-state index is -0.902. The number of piperidine rings is 1. The van der Waals surface area contributed by atoms with Gasteiger partial charge in [-0.15, -0.1) is 5.10 Å². The first kappa shape index (κ1) is 24.9. The summed E-state index contributed by atoms with van der Waals surface area (Å²) in [6, 6.07) is 8.56. The fourth-order valence-corrected chi connectivity index (χ4v) is 5.57. The van der Waals surface area contributed by atoms with Crippen molar-refractivity contribution >= 4 is 34.0 Å². The first-order valence-electron chi connectivity index (χ1n) is 13.2. The first-order valence-corrected chi connectivity index (χ1v) is 13.2. The number of aromatic nitrogens is 5. The highest BCUT2D eigenvalue weighted by Gasteiger charge is 2.37. The number of carbonyl (C=O) groups excluding carboxylic acids is 1. The second kappa shape index (κ2) is 9.81. The maximum Gasteiger partial charge on any atom is 0.257 e. The van der Waals surface area contributed by atoms with E-state index in [0.29, 0.717) is 36.7 Å². The van der Waals surface area contributed by atoms with Gasteiger partial charge < -0.3 is 15.0 Å². The molecule has 206 valence electrons. The number of amides is 1. The van der Waals surface area contributed by atoms with Gasteiger partial charge in [-0.1, -0.05) is 6.07 Å². The highest BCUT2D eigenvalue weighted by molar-refractivity contribution is 6.05. The SMILES string of the molecule is CCOc1cc(-c2ccc(N3CC[C@H](NC(=O)c4c(F)cccc4F)C4=NC=CC43)nc2)c2c3cn[nH]c3nn2c1. The lowest BCUT2D eigenvalue weighted by atomic mass is 9.95. The quantitative estimate of drug-likeness (QED) is 0.324. The summed E-state index contributed by atoms with van der Waals surface area (Å²) in [5, 5.41) is 15.3. The average Bonchev–Trinajstić information content (AvgIpc) is 3.70. The molecule has 1 fully saturated rings. The number of halogens is 2. The van der Waals surface area contributed by atoms with Gasteiger partial charge in [0, 0.05) is 30.1 Å². The summed E-state index contributed by atoms with van der Waals surface area (Å²) < 4.78 is 35.9. The molecule has 0 spiro atoms. The smallest absolute Gasteiger partial charge is 0.257 e. The van der Waals surface area contributed by atoms with Crippen molar-refractivity contribution in [3.05, 3.63) is 84.5 Å². The summed E-state index contributed by atoms with van der Waals surface area (Å²) in [6.07, 6.45) is 9.50. The molecule has 0 aliphatic carbocycles. The lowest BCUT2D eigenvalue weighted by Gasteiger charge is -2.38. The van der Waals surface area contributed by atoms with E-state index in [4.69, 9.17) is 9.72 Å². The molecule has 0 radical (unpaired) electrons. The summed E-state index contributed by atoms with van der Waals surface area (Å²) in [5.74, 6) is -1.18. The first-order chi connectivity index (χ1) is 20.0. The number of pyridine rings is 2. The van der Waals surface area contributed by atoms with Crippen LogP contribution < -0.4 is 15.0 Å². The zero-order valence-corrected chi connectivity index (χ0v) is 21.9. The number of fused-ring (bicyclic) bond motifs is 4. The molecule has 2 aliphatic heterocycles. The molecule has 2 N–H and O–H groups in total. The van der Waals surface area contributed by atoms with Crippen molar-refractivity contribution in [1.82, 2.24) is 30.1 Å². The molecule has 1 saturated heterocycles. The van der Waals surface area contributed by atoms with Gasteiger partial charge in [-0.2, -0.15) is 5.10 Å². The number of benzene rings is 1. The highest BCUT2D eigenvalue weighted by Crippen LogP contribution is 2.34. The Morgan fingerprint density at radius 1 is 1.20 bits per heavy atom. The molecule has 7 rings (SSSR count). The monoisotopic (exact) mass is 554 g/mol. The van der Waals surface area contributed by atoms with E-state index in [0.717, 1.165) is 40.0 Å². The van der Waals surface area contributed by atoms with Gasteiger partial charge >= 0.3 is 0 Å². The van der Waals surface area contributed by atoms with Crippen LogP contribution in [0.15, 0.2) is 72.3 Å². The molecule has 12 heteroatoms. The predicted octanol–water partition coefficient (Wildman–Crippen LogP) is 4.30. The van der Waals surface area contributed by atoms with Gasteiger partial charge in [0.25, 0.3) is 5.91 Å². The molecule has 1 amide bonds. The number of aliphatic imine (C=N–C) groups is 1. The van der Waals surface area contributed by atoms with Crippen LogP contribution in [-0.4, -0.2) is 61.6 Å². The third kappa shape index (κ3) is 4.19. The fraction of sp³-hybridized carbons (Fsp3) is 0.207. The Bertz CT molecular complexity index is 1840. The molecule has 1 unspecified atom stereocenters. The van der Waals surface area contributed by atoms with E-state index in [9.17, 15) is 13.6 Å². The predicted molar refractivity (Wildman–Crippen MR) is 149 cm³/mol. The molecule has 4 aromatic heterocycles. The van der Waals surface area contributed by atoms with Crippen LogP contribution in [0.25, 0.3) is 27.7 Å².